The van der Waals surface area contributed by atoms with E-state index in [2.05, 4.69) is 15.3 Å². The van der Waals surface area contributed by atoms with Gasteiger partial charge in [-0.05, 0) is 36.8 Å². The van der Waals surface area contributed by atoms with E-state index in [-0.39, 0.29) is 39.1 Å². The molecule has 1 atom stereocenters. The molecule has 4 rings (SSSR count). The lowest BCUT2D eigenvalue weighted by Crippen LogP contribution is -2.29. The van der Waals surface area contributed by atoms with Crippen LogP contribution in [0.4, 0.5) is 17.6 Å². The molecule has 0 saturated heterocycles. The number of nitrogen functional groups attached to an aromatic ring is 2. The van der Waals surface area contributed by atoms with Gasteiger partial charge < -0.3 is 22.5 Å². The second-order valence-corrected chi connectivity index (χ2v) is 8.35. The van der Waals surface area contributed by atoms with Gasteiger partial charge in [0.15, 0.2) is 5.82 Å². The molecule has 2 aromatic heterocycles. The van der Waals surface area contributed by atoms with Gasteiger partial charge >= 0.3 is 0 Å². The van der Waals surface area contributed by atoms with Gasteiger partial charge in [0.25, 0.3) is 5.56 Å². The number of primary amides is 1. The quantitative estimate of drug-likeness (QED) is 0.293. The van der Waals surface area contributed by atoms with Crippen molar-refractivity contribution in [3.05, 3.63) is 74.8 Å². The Labute approximate surface area is 210 Å². The number of benzene rings is 2. The number of anilines is 3. The number of carbonyl (C=O) groups excluding carboxylic acids is 1. The molecular formula is C24H22ClN9O2. The first-order valence-corrected chi connectivity index (χ1v) is 11.3. The first-order chi connectivity index (χ1) is 17.2. The summed E-state index contributed by atoms with van der Waals surface area (Å²) in [4.78, 5) is 38.4. The molecule has 4 aromatic rings. The molecule has 182 valence electrons. The molecule has 0 spiro atoms. The third kappa shape index (κ3) is 4.49. The summed E-state index contributed by atoms with van der Waals surface area (Å²) in [6.45, 7) is 1.96. The molecule has 0 aliphatic carbocycles. The fraction of sp³-hybridized carbons (Fsp3) is 0.167. The Kier molecular flexibility index (Phi) is 6.71. The maximum absolute atomic E-state index is 13.8. The number of rotatable bonds is 7. The second kappa shape index (κ2) is 9.89. The lowest BCUT2D eigenvalue weighted by atomic mass is 10.1. The monoisotopic (exact) mass is 503 g/mol. The Morgan fingerprint density at radius 1 is 1.19 bits per heavy atom. The van der Waals surface area contributed by atoms with Crippen molar-refractivity contribution in [3.8, 4) is 11.8 Å². The summed E-state index contributed by atoms with van der Waals surface area (Å²) in [7, 11) is 0. The molecule has 0 fully saturated rings. The largest absolute Gasteiger partial charge is 0.382 e. The van der Waals surface area contributed by atoms with E-state index in [1.54, 1.807) is 36.4 Å². The maximum Gasteiger partial charge on any atom is 0.267 e. The summed E-state index contributed by atoms with van der Waals surface area (Å²) in [5, 5.41) is 13.2. The highest BCUT2D eigenvalue weighted by Gasteiger charge is 2.24. The van der Waals surface area contributed by atoms with Crippen LogP contribution < -0.4 is 28.1 Å². The number of hydrogen-bond donors (Lipinski definition) is 4. The van der Waals surface area contributed by atoms with Gasteiger partial charge in [-0.25, -0.2) is 4.98 Å². The van der Waals surface area contributed by atoms with Crippen LogP contribution in [0.2, 0.25) is 5.02 Å². The van der Waals surface area contributed by atoms with Crippen LogP contribution >= 0.6 is 11.6 Å². The van der Waals surface area contributed by atoms with E-state index in [9.17, 15) is 14.9 Å². The Balaban J connectivity index is 2.02. The van der Waals surface area contributed by atoms with Crippen LogP contribution in [0.1, 0.15) is 47.6 Å². The van der Waals surface area contributed by atoms with Crippen molar-refractivity contribution in [3.63, 3.8) is 0 Å². The normalized spacial score (nSPS) is 11.7. The number of amides is 1. The predicted octanol–water partition coefficient (Wildman–Crippen LogP) is 2.92. The molecule has 0 saturated carbocycles. The molecule has 0 radical (unpaired) electrons. The first kappa shape index (κ1) is 24.4. The van der Waals surface area contributed by atoms with Crippen LogP contribution in [0.25, 0.3) is 16.6 Å². The Morgan fingerprint density at radius 3 is 2.64 bits per heavy atom. The van der Waals surface area contributed by atoms with Crippen molar-refractivity contribution in [1.29, 1.82) is 5.26 Å². The fourth-order valence-electron chi connectivity index (χ4n) is 3.92. The number of hydrogen-bond acceptors (Lipinski definition) is 9. The van der Waals surface area contributed by atoms with Crippen LogP contribution in [0.3, 0.4) is 0 Å². The van der Waals surface area contributed by atoms with Crippen LogP contribution in [0.15, 0.2) is 47.3 Å². The minimum Gasteiger partial charge on any atom is -0.382 e. The second-order valence-electron chi connectivity index (χ2n) is 7.95. The fourth-order valence-corrected chi connectivity index (χ4v) is 4.17. The number of halogens is 1. The van der Waals surface area contributed by atoms with Crippen molar-refractivity contribution in [2.45, 2.75) is 25.8 Å². The molecular weight excluding hydrogens is 482 g/mol. The van der Waals surface area contributed by atoms with E-state index in [1.807, 2.05) is 13.0 Å². The maximum atomic E-state index is 13.8. The molecule has 12 heteroatoms. The van der Waals surface area contributed by atoms with E-state index >= 15 is 0 Å². The lowest BCUT2D eigenvalue weighted by molar-refractivity contribution is 0.1000. The van der Waals surface area contributed by atoms with E-state index in [1.165, 1.54) is 10.6 Å². The number of fused-ring (bicyclic) bond motifs is 1. The average Bonchev–Trinajstić information content (AvgIpc) is 2.83. The molecule has 1 unspecified atom stereocenters. The van der Waals surface area contributed by atoms with Gasteiger partial charge in [0, 0.05) is 5.56 Å². The van der Waals surface area contributed by atoms with Crippen LogP contribution in [-0.4, -0.2) is 25.4 Å². The number of nitrogens with zero attached hydrogens (tertiary/aromatic N) is 5. The van der Waals surface area contributed by atoms with Crippen LogP contribution in [0, 0.1) is 11.3 Å². The summed E-state index contributed by atoms with van der Waals surface area (Å²) < 4.78 is 1.37. The van der Waals surface area contributed by atoms with Crippen molar-refractivity contribution < 1.29 is 4.79 Å². The summed E-state index contributed by atoms with van der Waals surface area (Å²) in [6.07, 6.45) is 1.17. The molecule has 11 nitrogen and oxygen atoms in total. The minimum atomic E-state index is -0.646. The lowest BCUT2D eigenvalue weighted by Gasteiger charge is -2.23. The highest BCUT2D eigenvalue weighted by atomic mass is 35.5. The summed E-state index contributed by atoms with van der Waals surface area (Å²) in [5.74, 6) is -0.426. The Morgan fingerprint density at radius 2 is 1.94 bits per heavy atom. The highest BCUT2D eigenvalue weighted by molar-refractivity contribution is 6.35. The zero-order valence-electron chi connectivity index (χ0n) is 19.2. The topological polar surface area (TPSA) is 192 Å². The Hall–Kier alpha value is -4.69. The van der Waals surface area contributed by atoms with Gasteiger partial charge in [-0.3, -0.25) is 14.2 Å². The smallest absolute Gasteiger partial charge is 0.267 e. The average molecular weight is 504 g/mol. The van der Waals surface area contributed by atoms with E-state index in [4.69, 9.17) is 33.8 Å². The number of nitriles is 1. The molecule has 36 heavy (non-hydrogen) atoms. The van der Waals surface area contributed by atoms with Gasteiger partial charge in [-0.15, -0.1) is 0 Å². The molecule has 1 amide bonds. The van der Waals surface area contributed by atoms with Gasteiger partial charge in [-0.2, -0.15) is 15.2 Å². The zero-order valence-corrected chi connectivity index (χ0v) is 20.0. The minimum absolute atomic E-state index is 0.0127. The van der Waals surface area contributed by atoms with E-state index < -0.39 is 17.5 Å². The molecule has 7 N–H and O–H groups in total. The van der Waals surface area contributed by atoms with Gasteiger partial charge in [0.05, 0.1) is 27.7 Å². The van der Waals surface area contributed by atoms with Crippen molar-refractivity contribution in [2.75, 3.05) is 16.8 Å². The van der Waals surface area contributed by atoms with Crippen LogP contribution in [0.5, 0.6) is 0 Å². The van der Waals surface area contributed by atoms with Gasteiger partial charge in [0.1, 0.15) is 23.3 Å². The van der Waals surface area contributed by atoms with Crippen molar-refractivity contribution in [2.24, 2.45) is 5.73 Å². The highest BCUT2D eigenvalue weighted by Crippen LogP contribution is 2.29. The molecule has 2 heterocycles. The summed E-state index contributed by atoms with van der Waals surface area (Å²) >= 11 is 6.38. The number of nitrogens with two attached hydrogens (primary N) is 3. The standard InChI is InChI=1S/C24H22ClN9O2/c1-2-5-17(30-21-14(11-26)19(27)32-24(29)33-21)22-31-16-9-4-8-15(25)18(16)23(36)34(22)13-7-3-6-12(10-13)20(28)35/h3-4,6-10,17H,2,5H2,1H3,(H2,28,35)(H5,27,29,30,32,33). The van der Waals surface area contributed by atoms with Crippen LogP contribution in [-0.2, 0) is 0 Å². The summed E-state index contributed by atoms with van der Waals surface area (Å²) in [6, 6.07) is 12.7. The number of carbonyl (C=O) groups is 1. The van der Waals surface area contributed by atoms with E-state index in [0.29, 0.717) is 29.9 Å². The molecule has 2 aromatic carbocycles. The third-order valence-corrected chi connectivity index (χ3v) is 5.84. The Bertz CT molecular complexity index is 1590. The van der Waals surface area contributed by atoms with Gasteiger partial charge in [-0.1, -0.05) is 37.1 Å². The SMILES string of the molecule is CCCC(Nc1nc(N)nc(N)c1C#N)c1nc2cccc(Cl)c2c(=O)n1-c1cccc(C(N)=O)c1. The molecule has 0 aliphatic rings. The first-order valence-electron chi connectivity index (χ1n) is 11.0. The van der Waals surface area contributed by atoms with Gasteiger partial charge in [0.2, 0.25) is 11.9 Å². The van der Waals surface area contributed by atoms with E-state index in [0.717, 1.165) is 0 Å². The molecule has 0 bridgehead atoms. The van der Waals surface area contributed by atoms with Crippen molar-refractivity contribution >= 4 is 46.0 Å². The number of aromatic nitrogens is 4. The molecule has 0 aliphatic heterocycles. The zero-order chi connectivity index (χ0) is 26.0. The van der Waals surface area contributed by atoms with Crippen molar-refractivity contribution in [1.82, 2.24) is 19.5 Å². The number of nitrogens with one attached hydrogen (secondary N) is 1. The third-order valence-electron chi connectivity index (χ3n) is 5.53. The predicted molar refractivity (Wildman–Crippen MR) is 138 cm³/mol. The summed E-state index contributed by atoms with van der Waals surface area (Å²) in [5.41, 5.74) is 17.7.